The maximum absolute atomic E-state index is 14.1. The predicted molar refractivity (Wildman–Crippen MR) is 70.3 cm³/mol. The van der Waals surface area contributed by atoms with Crippen molar-refractivity contribution < 1.29 is 9.13 Å². The van der Waals surface area contributed by atoms with Gasteiger partial charge in [0.15, 0.2) is 0 Å². The molecule has 3 nitrogen and oxygen atoms in total. The molecule has 1 N–H and O–H groups in total. The standard InChI is InChI=1S/C14H19FN2O/c1-3-14(17-8-6-16-7-9-17)12-5-4-11(18-2)10-13(12)15/h3-5,10,14,16H,1,6-9H2,2H3/t14-/m1/s1. The molecule has 1 aliphatic rings. The number of nitrogens with one attached hydrogen (secondary N) is 1. The van der Waals surface area contributed by atoms with E-state index in [1.165, 1.54) is 13.2 Å². The first kappa shape index (κ1) is 13.1. The van der Waals surface area contributed by atoms with Crippen molar-refractivity contribution in [3.63, 3.8) is 0 Å². The highest BCUT2D eigenvalue weighted by Gasteiger charge is 2.22. The van der Waals surface area contributed by atoms with E-state index in [4.69, 9.17) is 4.74 Å². The summed E-state index contributed by atoms with van der Waals surface area (Å²) in [7, 11) is 1.54. The second-order valence-electron chi connectivity index (χ2n) is 4.35. The summed E-state index contributed by atoms with van der Waals surface area (Å²) in [5.41, 5.74) is 0.660. The Bertz CT molecular complexity index is 416. The van der Waals surface area contributed by atoms with Crippen LogP contribution in [0.15, 0.2) is 30.9 Å². The quantitative estimate of drug-likeness (QED) is 0.827. The smallest absolute Gasteiger partial charge is 0.131 e. The Kier molecular flexibility index (Phi) is 4.33. The third-order valence-electron chi connectivity index (χ3n) is 3.29. The molecule has 1 atom stereocenters. The van der Waals surface area contributed by atoms with Gasteiger partial charge in [-0.3, -0.25) is 4.90 Å². The SMILES string of the molecule is C=C[C@H](c1ccc(OC)cc1F)N1CCNCC1. The molecule has 0 unspecified atom stereocenters. The van der Waals surface area contributed by atoms with E-state index in [1.807, 2.05) is 0 Å². The Morgan fingerprint density at radius 3 is 2.72 bits per heavy atom. The van der Waals surface area contributed by atoms with Crippen LogP contribution in [0.25, 0.3) is 0 Å². The zero-order chi connectivity index (χ0) is 13.0. The van der Waals surface area contributed by atoms with Crippen LogP contribution in [0.3, 0.4) is 0 Å². The zero-order valence-electron chi connectivity index (χ0n) is 10.7. The molecule has 1 fully saturated rings. The third-order valence-corrected chi connectivity index (χ3v) is 3.29. The minimum Gasteiger partial charge on any atom is -0.497 e. The first-order valence-corrected chi connectivity index (χ1v) is 6.17. The highest BCUT2D eigenvalue weighted by atomic mass is 19.1. The van der Waals surface area contributed by atoms with Crippen LogP contribution in [0.5, 0.6) is 5.75 Å². The fourth-order valence-corrected chi connectivity index (χ4v) is 2.31. The summed E-state index contributed by atoms with van der Waals surface area (Å²) in [6.45, 7) is 7.51. The molecule has 1 heterocycles. The van der Waals surface area contributed by atoms with Crippen LogP contribution in [0.1, 0.15) is 11.6 Å². The summed E-state index contributed by atoms with van der Waals surface area (Å²) in [6.07, 6.45) is 1.80. The Hall–Kier alpha value is -1.39. The zero-order valence-corrected chi connectivity index (χ0v) is 10.7. The first-order chi connectivity index (χ1) is 8.76. The topological polar surface area (TPSA) is 24.5 Å². The number of piperazine rings is 1. The van der Waals surface area contributed by atoms with E-state index in [9.17, 15) is 4.39 Å². The van der Waals surface area contributed by atoms with E-state index in [1.54, 1.807) is 18.2 Å². The molecule has 18 heavy (non-hydrogen) atoms. The molecule has 1 saturated heterocycles. The summed E-state index contributed by atoms with van der Waals surface area (Å²) in [6, 6.07) is 4.92. The summed E-state index contributed by atoms with van der Waals surface area (Å²) in [5, 5.41) is 3.29. The van der Waals surface area contributed by atoms with Gasteiger partial charge in [-0.05, 0) is 6.07 Å². The normalized spacial score (nSPS) is 18.3. The van der Waals surface area contributed by atoms with E-state index in [0.717, 1.165) is 26.2 Å². The van der Waals surface area contributed by atoms with Gasteiger partial charge in [0.2, 0.25) is 0 Å². The molecule has 0 saturated carbocycles. The largest absolute Gasteiger partial charge is 0.497 e. The number of rotatable bonds is 4. The van der Waals surface area contributed by atoms with Crippen molar-refractivity contribution in [3.8, 4) is 5.75 Å². The maximum Gasteiger partial charge on any atom is 0.131 e. The molecular formula is C14H19FN2O. The minimum absolute atomic E-state index is 0.0713. The van der Waals surface area contributed by atoms with Crippen LogP contribution in [0.4, 0.5) is 4.39 Å². The molecule has 1 aliphatic heterocycles. The van der Waals surface area contributed by atoms with Gasteiger partial charge in [-0.2, -0.15) is 0 Å². The second-order valence-corrected chi connectivity index (χ2v) is 4.35. The number of hydrogen-bond acceptors (Lipinski definition) is 3. The van der Waals surface area contributed by atoms with Gasteiger partial charge in [0, 0.05) is 37.8 Å². The number of ether oxygens (including phenoxy) is 1. The Morgan fingerprint density at radius 2 is 2.17 bits per heavy atom. The van der Waals surface area contributed by atoms with Crippen molar-refractivity contribution in [2.45, 2.75) is 6.04 Å². The monoisotopic (exact) mass is 250 g/mol. The highest BCUT2D eigenvalue weighted by molar-refractivity contribution is 5.32. The Labute approximate surface area is 107 Å². The maximum atomic E-state index is 14.1. The summed E-state index contributed by atoms with van der Waals surface area (Å²) < 4.78 is 19.1. The average Bonchev–Trinajstić information content (AvgIpc) is 2.42. The lowest BCUT2D eigenvalue weighted by Crippen LogP contribution is -2.44. The van der Waals surface area contributed by atoms with E-state index < -0.39 is 0 Å². The van der Waals surface area contributed by atoms with Gasteiger partial charge < -0.3 is 10.1 Å². The lowest BCUT2D eigenvalue weighted by molar-refractivity contribution is 0.200. The molecule has 0 radical (unpaired) electrons. The van der Waals surface area contributed by atoms with Gasteiger partial charge in [-0.15, -0.1) is 6.58 Å². The fraction of sp³-hybridized carbons (Fsp3) is 0.429. The van der Waals surface area contributed by atoms with Crippen molar-refractivity contribution in [1.29, 1.82) is 0 Å². The van der Waals surface area contributed by atoms with Gasteiger partial charge >= 0.3 is 0 Å². The summed E-state index contributed by atoms with van der Waals surface area (Å²) in [5.74, 6) is 0.303. The number of nitrogens with zero attached hydrogens (tertiary/aromatic N) is 1. The molecule has 2 rings (SSSR count). The van der Waals surface area contributed by atoms with Crippen LogP contribution in [-0.4, -0.2) is 38.2 Å². The fourth-order valence-electron chi connectivity index (χ4n) is 2.31. The van der Waals surface area contributed by atoms with E-state index in [0.29, 0.717) is 11.3 Å². The minimum atomic E-state index is -0.238. The number of methoxy groups -OCH3 is 1. The predicted octanol–water partition coefficient (Wildman–Crippen LogP) is 1.97. The van der Waals surface area contributed by atoms with E-state index >= 15 is 0 Å². The third kappa shape index (κ3) is 2.71. The Balaban J connectivity index is 2.23. The Morgan fingerprint density at radius 1 is 1.44 bits per heavy atom. The first-order valence-electron chi connectivity index (χ1n) is 6.17. The van der Waals surface area contributed by atoms with Crippen molar-refractivity contribution in [2.75, 3.05) is 33.3 Å². The van der Waals surface area contributed by atoms with Crippen LogP contribution in [0, 0.1) is 5.82 Å². The highest BCUT2D eigenvalue weighted by Crippen LogP contribution is 2.27. The lowest BCUT2D eigenvalue weighted by Gasteiger charge is -2.33. The molecule has 1 aromatic carbocycles. The van der Waals surface area contributed by atoms with E-state index in [-0.39, 0.29) is 11.9 Å². The van der Waals surface area contributed by atoms with Crippen LogP contribution < -0.4 is 10.1 Å². The molecular weight excluding hydrogens is 231 g/mol. The van der Waals surface area contributed by atoms with Gasteiger partial charge in [0.25, 0.3) is 0 Å². The molecule has 0 aromatic heterocycles. The molecule has 1 aromatic rings. The average molecular weight is 250 g/mol. The number of benzene rings is 1. The van der Waals surface area contributed by atoms with Crippen molar-refractivity contribution in [3.05, 3.63) is 42.2 Å². The molecule has 0 amide bonds. The number of halogens is 1. The molecule has 0 spiro atoms. The van der Waals surface area contributed by atoms with Gasteiger partial charge in [0.1, 0.15) is 11.6 Å². The summed E-state index contributed by atoms with van der Waals surface area (Å²) in [4.78, 5) is 2.23. The van der Waals surface area contributed by atoms with Crippen LogP contribution in [0.2, 0.25) is 0 Å². The lowest BCUT2D eigenvalue weighted by atomic mass is 10.0. The molecule has 0 bridgehead atoms. The second kappa shape index (κ2) is 5.98. The van der Waals surface area contributed by atoms with Crippen LogP contribution in [-0.2, 0) is 0 Å². The summed E-state index contributed by atoms with van der Waals surface area (Å²) >= 11 is 0. The van der Waals surface area contributed by atoms with Crippen molar-refractivity contribution in [1.82, 2.24) is 10.2 Å². The van der Waals surface area contributed by atoms with Gasteiger partial charge in [0.05, 0.1) is 13.2 Å². The van der Waals surface area contributed by atoms with Crippen molar-refractivity contribution in [2.24, 2.45) is 0 Å². The van der Waals surface area contributed by atoms with Crippen LogP contribution >= 0.6 is 0 Å². The molecule has 4 heteroatoms. The van der Waals surface area contributed by atoms with Gasteiger partial charge in [-0.1, -0.05) is 12.1 Å². The van der Waals surface area contributed by atoms with E-state index in [2.05, 4.69) is 16.8 Å². The van der Waals surface area contributed by atoms with Gasteiger partial charge in [-0.25, -0.2) is 4.39 Å². The molecule has 98 valence electrons. The number of hydrogen-bond donors (Lipinski definition) is 1. The molecule has 0 aliphatic carbocycles. The van der Waals surface area contributed by atoms with Crippen molar-refractivity contribution >= 4 is 0 Å².